The lowest BCUT2D eigenvalue weighted by atomic mass is 10.3. The molecule has 1 aliphatic carbocycles. The highest BCUT2D eigenvalue weighted by Gasteiger charge is 2.21. The third-order valence-corrected chi connectivity index (χ3v) is 4.20. The van der Waals surface area contributed by atoms with Gasteiger partial charge < -0.3 is 5.32 Å². The molecule has 3 rings (SSSR count). The number of hydrogen-bond donors (Lipinski definition) is 1. The smallest absolute Gasteiger partial charge is 0.0866 e. The quantitative estimate of drug-likeness (QED) is 0.889. The molecule has 2 heterocycles. The molecule has 0 unspecified atom stereocenters. The van der Waals surface area contributed by atoms with Gasteiger partial charge in [0.05, 0.1) is 28.6 Å². The fourth-order valence-corrected chi connectivity index (χ4v) is 2.55. The Bertz CT molecular complexity index is 597. The second-order valence-electron chi connectivity index (χ2n) is 5.30. The zero-order valence-corrected chi connectivity index (χ0v) is 12.7. The van der Waals surface area contributed by atoms with Crippen LogP contribution in [0, 0.1) is 6.92 Å². The van der Waals surface area contributed by atoms with Crippen LogP contribution in [0.25, 0.3) is 0 Å². The van der Waals surface area contributed by atoms with Gasteiger partial charge in [-0.25, -0.2) is 0 Å². The van der Waals surface area contributed by atoms with Gasteiger partial charge >= 0.3 is 0 Å². The van der Waals surface area contributed by atoms with Crippen molar-refractivity contribution < 1.29 is 0 Å². The van der Waals surface area contributed by atoms with Crippen LogP contribution in [-0.2, 0) is 19.6 Å². The fraction of sp³-hybridized carbons (Fsp3) is 0.571. The Kier molecular flexibility index (Phi) is 3.81. The van der Waals surface area contributed by atoms with Gasteiger partial charge in [-0.15, -0.1) is 0 Å². The van der Waals surface area contributed by atoms with Crippen LogP contribution < -0.4 is 5.32 Å². The van der Waals surface area contributed by atoms with Gasteiger partial charge in [0.15, 0.2) is 0 Å². The molecule has 108 valence electrons. The molecule has 0 spiro atoms. The molecule has 0 radical (unpaired) electrons. The zero-order chi connectivity index (χ0) is 14.1. The Hall–Kier alpha value is -1.33. The number of hydrogen-bond acceptors (Lipinski definition) is 3. The molecule has 2 aromatic heterocycles. The predicted molar refractivity (Wildman–Crippen MR) is 78.8 cm³/mol. The summed E-state index contributed by atoms with van der Waals surface area (Å²) in [6, 6.07) is 2.76. The van der Waals surface area contributed by atoms with Crippen molar-refractivity contribution in [1.29, 1.82) is 0 Å². The summed E-state index contributed by atoms with van der Waals surface area (Å²) in [7, 11) is 0. The first kappa shape index (κ1) is 13.6. The van der Waals surface area contributed by atoms with E-state index in [2.05, 4.69) is 28.5 Å². The first-order valence-corrected chi connectivity index (χ1v) is 7.52. The number of aryl methyl sites for hydroxylation is 2. The van der Waals surface area contributed by atoms with Crippen LogP contribution in [-0.4, -0.2) is 25.6 Å². The van der Waals surface area contributed by atoms with Crippen LogP contribution in [0.5, 0.6) is 0 Å². The third kappa shape index (κ3) is 2.74. The largest absolute Gasteiger partial charge is 0.308 e. The van der Waals surface area contributed by atoms with Crippen LogP contribution in [0.4, 0.5) is 0 Å². The SMILES string of the molecule is CCn1nc(C)c(Cl)c1Cn1nccc1CNC1CC1. The normalized spacial score (nSPS) is 14.9. The molecular formula is C14H20ClN5. The van der Waals surface area contributed by atoms with E-state index in [0.717, 1.165) is 29.5 Å². The van der Waals surface area contributed by atoms with E-state index in [4.69, 9.17) is 11.6 Å². The van der Waals surface area contributed by atoms with Crippen LogP contribution in [0.2, 0.25) is 5.02 Å². The summed E-state index contributed by atoms with van der Waals surface area (Å²) in [6.07, 6.45) is 4.43. The van der Waals surface area contributed by atoms with Gasteiger partial charge in [-0.05, 0) is 32.8 Å². The number of nitrogens with zero attached hydrogens (tertiary/aromatic N) is 4. The summed E-state index contributed by atoms with van der Waals surface area (Å²) in [5.74, 6) is 0. The first-order chi connectivity index (χ1) is 9.69. The minimum absolute atomic E-state index is 0.669. The lowest BCUT2D eigenvalue weighted by Crippen LogP contribution is -2.19. The molecule has 0 aromatic carbocycles. The highest BCUT2D eigenvalue weighted by Crippen LogP contribution is 2.22. The van der Waals surface area contributed by atoms with E-state index in [1.165, 1.54) is 18.5 Å². The molecule has 6 heteroatoms. The average molecular weight is 294 g/mol. The highest BCUT2D eigenvalue weighted by molar-refractivity contribution is 6.31. The topological polar surface area (TPSA) is 47.7 Å². The number of nitrogens with one attached hydrogen (secondary N) is 1. The van der Waals surface area contributed by atoms with E-state index in [1.54, 1.807) is 0 Å². The third-order valence-electron chi connectivity index (χ3n) is 3.71. The highest BCUT2D eigenvalue weighted by atomic mass is 35.5. The summed E-state index contributed by atoms with van der Waals surface area (Å²) in [5, 5.41) is 13.1. The molecule has 1 N–H and O–H groups in total. The minimum Gasteiger partial charge on any atom is -0.308 e. The van der Waals surface area contributed by atoms with Gasteiger partial charge in [-0.1, -0.05) is 11.6 Å². The molecule has 1 fully saturated rings. The van der Waals surface area contributed by atoms with E-state index in [0.29, 0.717) is 12.6 Å². The summed E-state index contributed by atoms with van der Waals surface area (Å²) < 4.78 is 3.96. The molecular weight excluding hydrogens is 274 g/mol. The van der Waals surface area contributed by atoms with Crippen LogP contribution in [0.15, 0.2) is 12.3 Å². The van der Waals surface area contributed by atoms with Gasteiger partial charge in [0.1, 0.15) is 0 Å². The van der Waals surface area contributed by atoms with Crippen LogP contribution in [0.1, 0.15) is 36.8 Å². The predicted octanol–water partition coefficient (Wildman–Crippen LogP) is 2.36. The second-order valence-corrected chi connectivity index (χ2v) is 5.68. The zero-order valence-electron chi connectivity index (χ0n) is 11.9. The maximum absolute atomic E-state index is 6.36. The Labute approximate surface area is 123 Å². The van der Waals surface area contributed by atoms with Crippen molar-refractivity contribution in [3.8, 4) is 0 Å². The van der Waals surface area contributed by atoms with Gasteiger partial charge in [-0.3, -0.25) is 9.36 Å². The Morgan fingerprint density at radius 1 is 1.40 bits per heavy atom. The van der Waals surface area contributed by atoms with E-state index in [1.807, 2.05) is 22.5 Å². The van der Waals surface area contributed by atoms with Crippen molar-refractivity contribution in [1.82, 2.24) is 24.9 Å². The van der Waals surface area contributed by atoms with Gasteiger partial charge in [0, 0.05) is 25.3 Å². The Morgan fingerprint density at radius 3 is 2.90 bits per heavy atom. The van der Waals surface area contributed by atoms with Crippen molar-refractivity contribution in [2.24, 2.45) is 0 Å². The number of rotatable bonds is 6. The van der Waals surface area contributed by atoms with Crippen molar-refractivity contribution in [2.75, 3.05) is 0 Å². The number of aromatic nitrogens is 4. The van der Waals surface area contributed by atoms with Gasteiger partial charge in [-0.2, -0.15) is 10.2 Å². The summed E-state index contributed by atoms with van der Waals surface area (Å²) in [4.78, 5) is 0. The monoisotopic (exact) mass is 293 g/mol. The number of halogens is 1. The van der Waals surface area contributed by atoms with Crippen LogP contribution >= 0.6 is 11.6 Å². The molecule has 5 nitrogen and oxygen atoms in total. The maximum atomic E-state index is 6.36. The van der Waals surface area contributed by atoms with E-state index >= 15 is 0 Å². The molecule has 0 bridgehead atoms. The molecule has 0 atom stereocenters. The Balaban J connectivity index is 1.78. The first-order valence-electron chi connectivity index (χ1n) is 7.15. The summed E-state index contributed by atoms with van der Waals surface area (Å²) >= 11 is 6.36. The standard InChI is InChI=1S/C14H20ClN5/c1-3-19-13(14(15)10(2)18-19)9-20-12(6-7-17-20)8-16-11-4-5-11/h6-7,11,16H,3-5,8-9H2,1-2H3. The fourth-order valence-electron chi connectivity index (χ4n) is 2.35. The van der Waals surface area contributed by atoms with Crippen molar-refractivity contribution in [3.63, 3.8) is 0 Å². The molecule has 0 amide bonds. The van der Waals surface area contributed by atoms with Crippen molar-refractivity contribution in [3.05, 3.63) is 34.4 Å². The lowest BCUT2D eigenvalue weighted by molar-refractivity contribution is 0.548. The Morgan fingerprint density at radius 2 is 2.20 bits per heavy atom. The molecule has 1 aliphatic rings. The summed E-state index contributed by atoms with van der Waals surface area (Å²) in [5.41, 5.74) is 3.10. The average Bonchev–Trinajstić information content (AvgIpc) is 3.11. The molecule has 2 aromatic rings. The molecule has 0 saturated heterocycles. The lowest BCUT2D eigenvalue weighted by Gasteiger charge is -2.10. The van der Waals surface area contributed by atoms with Gasteiger partial charge in [0.2, 0.25) is 0 Å². The summed E-state index contributed by atoms with van der Waals surface area (Å²) in [6.45, 7) is 6.37. The van der Waals surface area contributed by atoms with Crippen molar-refractivity contribution >= 4 is 11.6 Å². The van der Waals surface area contributed by atoms with E-state index in [9.17, 15) is 0 Å². The molecule has 1 saturated carbocycles. The minimum atomic E-state index is 0.669. The van der Waals surface area contributed by atoms with E-state index in [-0.39, 0.29) is 0 Å². The van der Waals surface area contributed by atoms with E-state index < -0.39 is 0 Å². The maximum Gasteiger partial charge on any atom is 0.0866 e. The molecule has 20 heavy (non-hydrogen) atoms. The molecule has 0 aliphatic heterocycles. The second kappa shape index (κ2) is 5.58. The van der Waals surface area contributed by atoms with Gasteiger partial charge in [0.25, 0.3) is 0 Å². The van der Waals surface area contributed by atoms with Crippen molar-refractivity contribution in [2.45, 2.75) is 52.4 Å². The van der Waals surface area contributed by atoms with Crippen LogP contribution in [0.3, 0.4) is 0 Å².